The summed E-state index contributed by atoms with van der Waals surface area (Å²) in [5.74, 6) is 0. The molecule has 0 aliphatic rings. The summed E-state index contributed by atoms with van der Waals surface area (Å²) in [6.07, 6.45) is 19.9. The standard InChI is InChI=1S/C16H35N.C3H9N.H2O/c1-2-3-4-5-6-7-8-9-10-11-12-13-14-15-16-17;1-4(2)3;/h2-17H2,1H3;1-3H3;1H2. The Hall–Kier alpha value is -0.120. The third-order valence-corrected chi connectivity index (χ3v) is 3.56. The van der Waals surface area contributed by atoms with Gasteiger partial charge in [-0.25, -0.2) is 0 Å². The molecule has 0 atom stereocenters. The second kappa shape index (κ2) is 25.8. The Morgan fingerprint density at radius 1 is 0.545 bits per heavy atom. The topological polar surface area (TPSA) is 60.8 Å². The highest BCUT2D eigenvalue weighted by atomic mass is 16.0. The Morgan fingerprint density at radius 3 is 1.00 bits per heavy atom. The van der Waals surface area contributed by atoms with Crippen molar-refractivity contribution < 1.29 is 5.48 Å². The summed E-state index contributed by atoms with van der Waals surface area (Å²) in [4.78, 5) is 2.00. The van der Waals surface area contributed by atoms with E-state index in [2.05, 4.69) is 6.92 Å². The van der Waals surface area contributed by atoms with Crippen LogP contribution in [0, 0.1) is 0 Å². The van der Waals surface area contributed by atoms with E-state index >= 15 is 0 Å². The molecule has 0 rings (SSSR count). The van der Waals surface area contributed by atoms with Crippen molar-refractivity contribution in [3.05, 3.63) is 0 Å². The number of nitrogens with zero attached hydrogens (tertiary/aromatic N) is 1. The van der Waals surface area contributed by atoms with Crippen LogP contribution in [0.2, 0.25) is 0 Å². The second-order valence-corrected chi connectivity index (χ2v) is 6.73. The van der Waals surface area contributed by atoms with Crippen molar-refractivity contribution in [1.82, 2.24) is 4.90 Å². The average molecular weight is 319 g/mol. The van der Waals surface area contributed by atoms with Crippen LogP contribution in [0.3, 0.4) is 0 Å². The van der Waals surface area contributed by atoms with Crippen LogP contribution in [0.1, 0.15) is 96.8 Å². The van der Waals surface area contributed by atoms with Gasteiger partial charge in [0.2, 0.25) is 0 Å². The molecule has 0 amide bonds. The lowest BCUT2D eigenvalue weighted by Gasteiger charge is -2.02. The average Bonchev–Trinajstić information content (AvgIpc) is 2.43. The third-order valence-electron chi connectivity index (χ3n) is 3.56. The van der Waals surface area contributed by atoms with E-state index in [1.165, 1.54) is 89.9 Å². The molecule has 0 aromatic carbocycles. The quantitative estimate of drug-likeness (QED) is 0.468. The molecule has 0 saturated heterocycles. The fraction of sp³-hybridized carbons (Fsp3) is 1.00. The van der Waals surface area contributed by atoms with E-state index < -0.39 is 0 Å². The molecule has 0 aromatic rings. The van der Waals surface area contributed by atoms with Gasteiger partial charge >= 0.3 is 0 Å². The summed E-state index contributed by atoms with van der Waals surface area (Å²) >= 11 is 0. The zero-order chi connectivity index (χ0) is 16.2. The van der Waals surface area contributed by atoms with Gasteiger partial charge in [0.1, 0.15) is 0 Å². The smallest absolute Gasteiger partial charge is 0.00773 e. The lowest BCUT2D eigenvalue weighted by atomic mass is 10.0. The molecule has 138 valence electrons. The maximum atomic E-state index is 5.47. The van der Waals surface area contributed by atoms with Crippen LogP contribution < -0.4 is 5.73 Å². The van der Waals surface area contributed by atoms with Crippen molar-refractivity contribution in [3.63, 3.8) is 0 Å². The summed E-state index contributed by atoms with van der Waals surface area (Å²) < 4.78 is 0. The first-order chi connectivity index (χ1) is 10.1. The van der Waals surface area contributed by atoms with Crippen LogP contribution in [0.4, 0.5) is 0 Å². The van der Waals surface area contributed by atoms with Crippen LogP contribution in [-0.2, 0) is 0 Å². The largest absolute Gasteiger partial charge is 0.412 e. The minimum Gasteiger partial charge on any atom is -0.412 e. The Balaban J connectivity index is -0.000000640. The zero-order valence-electron chi connectivity index (χ0n) is 16.1. The van der Waals surface area contributed by atoms with Crippen LogP contribution >= 0.6 is 0 Å². The number of rotatable bonds is 14. The molecule has 0 fully saturated rings. The van der Waals surface area contributed by atoms with Gasteiger partial charge in [0.15, 0.2) is 0 Å². The van der Waals surface area contributed by atoms with Crippen molar-refractivity contribution in [3.8, 4) is 0 Å². The normalized spacial score (nSPS) is 10.1. The van der Waals surface area contributed by atoms with E-state index in [-0.39, 0.29) is 5.48 Å². The maximum Gasteiger partial charge on any atom is -0.00773 e. The molecule has 4 N–H and O–H groups in total. The van der Waals surface area contributed by atoms with Crippen molar-refractivity contribution in [2.75, 3.05) is 27.7 Å². The van der Waals surface area contributed by atoms with Crippen molar-refractivity contribution in [2.24, 2.45) is 5.73 Å². The molecule has 0 bridgehead atoms. The summed E-state index contributed by atoms with van der Waals surface area (Å²) in [6.45, 7) is 3.16. The van der Waals surface area contributed by atoms with Gasteiger partial charge in [0.25, 0.3) is 0 Å². The van der Waals surface area contributed by atoms with E-state index in [4.69, 9.17) is 5.73 Å². The van der Waals surface area contributed by atoms with Crippen LogP contribution in [0.25, 0.3) is 0 Å². The molecule has 0 unspecified atom stereocenters. The lowest BCUT2D eigenvalue weighted by Crippen LogP contribution is -1.99. The highest BCUT2D eigenvalue weighted by molar-refractivity contribution is 4.49. The summed E-state index contributed by atoms with van der Waals surface area (Å²) in [5.41, 5.74) is 5.47. The first-order valence-electron chi connectivity index (χ1n) is 9.46. The summed E-state index contributed by atoms with van der Waals surface area (Å²) in [6, 6.07) is 0. The van der Waals surface area contributed by atoms with Crippen molar-refractivity contribution >= 4 is 0 Å². The highest BCUT2D eigenvalue weighted by Crippen LogP contribution is 2.12. The first kappa shape index (κ1) is 26.8. The van der Waals surface area contributed by atoms with E-state index in [0.29, 0.717) is 0 Å². The van der Waals surface area contributed by atoms with Crippen LogP contribution in [0.5, 0.6) is 0 Å². The molecule has 0 spiro atoms. The molecule has 22 heavy (non-hydrogen) atoms. The van der Waals surface area contributed by atoms with Crippen LogP contribution in [-0.4, -0.2) is 38.1 Å². The Morgan fingerprint density at radius 2 is 0.773 bits per heavy atom. The van der Waals surface area contributed by atoms with Gasteiger partial charge in [-0.3, -0.25) is 0 Å². The van der Waals surface area contributed by atoms with Crippen molar-refractivity contribution in [2.45, 2.75) is 96.8 Å². The number of nitrogens with two attached hydrogens (primary N) is 1. The Labute approximate surface area is 141 Å². The number of unbranched alkanes of at least 4 members (excludes halogenated alkanes) is 13. The molecule has 3 nitrogen and oxygen atoms in total. The third kappa shape index (κ3) is 36.8. The van der Waals surface area contributed by atoms with Gasteiger partial charge in [-0.1, -0.05) is 90.4 Å². The second-order valence-electron chi connectivity index (χ2n) is 6.73. The molecule has 0 heterocycles. The van der Waals surface area contributed by atoms with E-state index in [0.717, 1.165) is 6.54 Å². The zero-order valence-corrected chi connectivity index (χ0v) is 16.1. The highest BCUT2D eigenvalue weighted by Gasteiger charge is 1.93. The van der Waals surface area contributed by atoms with Gasteiger partial charge in [0, 0.05) is 0 Å². The monoisotopic (exact) mass is 318 g/mol. The van der Waals surface area contributed by atoms with Crippen molar-refractivity contribution in [1.29, 1.82) is 0 Å². The van der Waals surface area contributed by atoms with Gasteiger partial charge in [-0.15, -0.1) is 0 Å². The predicted octanol–water partition coefficient (Wildman–Crippen LogP) is 4.78. The SMILES string of the molecule is CCCCCCCCCCCCCCCCN.CN(C)C.O. The fourth-order valence-corrected chi connectivity index (χ4v) is 2.34. The predicted molar refractivity (Wildman–Crippen MR) is 103 cm³/mol. The van der Waals surface area contributed by atoms with E-state index in [9.17, 15) is 0 Å². The number of hydrogen-bond acceptors (Lipinski definition) is 2. The van der Waals surface area contributed by atoms with Crippen LogP contribution in [0.15, 0.2) is 0 Å². The van der Waals surface area contributed by atoms with E-state index in [1.807, 2.05) is 26.0 Å². The lowest BCUT2D eigenvalue weighted by molar-refractivity contribution is 0.505. The number of hydrogen-bond donors (Lipinski definition) is 1. The summed E-state index contributed by atoms with van der Waals surface area (Å²) in [5, 5.41) is 0. The molecule has 0 aliphatic heterocycles. The fourth-order valence-electron chi connectivity index (χ4n) is 2.34. The molecule has 0 radical (unpaired) electrons. The van der Waals surface area contributed by atoms with Gasteiger partial charge < -0.3 is 16.1 Å². The molecule has 3 heteroatoms. The van der Waals surface area contributed by atoms with E-state index in [1.54, 1.807) is 0 Å². The molecular formula is C19H46N2O. The minimum atomic E-state index is 0. The molecule has 0 aliphatic carbocycles. The van der Waals surface area contributed by atoms with Gasteiger partial charge in [0.05, 0.1) is 0 Å². The molecule has 0 aromatic heterocycles. The van der Waals surface area contributed by atoms with Gasteiger partial charge in [-0.2, -0.15) is 0 Å². The summed E-state index contributed by atoms with van der Waals surface area (Å²) in [7, 11) is 6.00. The Bertz CT molecular complexity index is 147. The first-order valence-corrected chi connectivity index (χ1v) is 9.46. The maximum absolute atomic E-state index is 5.47. The van der Waals surface area contributed by atoms with Gasteiger partial charge in [-0.05, 0) is 34.1 Å². The Kier molecular flexibility index (Phi) is 31.4. The minimum absolute atomic E-state index is 0. The molecular weight excluding hydrogens is 272 g/mol. The molecule has 0 saturated carbocycles.